The van der Waals surface area contributed by atoms with Crippen LogP contribution >= 0.6 is 0 Å². The molecule has 0 rings (SSSR count). The molecule has 1 unspecified atom stereocenters. The van der Waals surface area contributed by atoms with Gasteiger partial charge in [0.1, 0.15) is 0 Å². The molecular formula is C9H12N4. The standard InChI is InChI=1S/C9H12N4/c1-2-9(3-4-10)13(7-5-11)8-6-12/h9H,2-3,7-8H2,1H3. The Kier molecular flexibility index (Phi) is 6.24. The largest absolute Gasteiger partial charge is 0.273 e. The van der Waals surface area contributed by atoms with E-state index in [0.29, 0.717) is 6.42 Å². The van der Waals surface area contributed by atoms with E-state index in [2.05, 4.69) is 6.07 Å². The molecule has 0 bridgehead atoms. The summed E-state index contributed by atoms with van der Waals surface area (Å²) in [6.07, 6.45) is 1.16. The van der Waals surface area contributed by atoms with Gasteiger partial charge in [0.05, 0.1) is 37.7 Å². The van der Waals surface area contributed by atoms with Gasteiger partial charge in [0, 0.05) is 6.04 Å². The van der Waals surface area contributed by atoms with Crippen LogP contribution in [0.25, 0.3) is 0 Å². The zero-order valence-electron chi connectivity index (χ0n) is 7.69. The van der Waals surface area contributed by atoms with E-state index in [4.69, 9.17) is 15.8 Å². The van der Waals surface area contributed by atoms with Crippen molar-refractivity contribution in [3.8, 4) is 18.2 Å². The minimum atomic E-state index is 0.0318. The Hall–Kier alpha value is -1.57. The zero-order chi connectivity index (χ0) is 10.1. The maximum absolute atomic E-state index is 8.51. The third-order valence-corrected chi connectivity index (χ3v) is 1.86. The molecule has 0 aliphatic heterocycles. The van der Waals surface area contributed by atoms with E-state index in [1.165, 1.54) is 0 Å². The lowest BCUT2D eigenvalue weighted by molar-refractivity contribution is 0.242. The van der Waals surface area contributed by atoms with E-state index in [9.17, 15) is 0 Å². The van der Waals surface area contributed by atoms with Gasteiger partial charge in [0.25, 0.3) is 0 Å². The first kappa shape index (κ1) is 11.4. The Balaban J connectivity index is 4.25. The average molecular weight is 176 g/mol. The lowest BCUT2D eigenvalue weighted by atomic mass is 10.1. The van der Waals surface area contributed by atoms with Crippen molar-refractivity contribution in [2.24, 2.45) is 0 Å². The van der Waals surface area contributed by atoms with E-state index in [1.54, 1.807) is 4.90 Å². The second kappa shape index (κ2) is 7.10. The van der Waals surface area contributed by atoms with Crippen LogP contribution in [0.15, 0.2) is 0 Å². The molecule has 4 nitrogen and oxygen atoms in total. The lowest BCUT2D eigenvalue weighted by Crippen LogP contribution is -2.35. The van der Waals surface area contributed by atoms with Crippen LogP contribution in [0.4, 0.5) is 0 Å². The fourth-order valence-electron chi connectivity index (χ4n) is 1.13. The summed E-state index contributed by atoms with van der Waals surface area (Å²) in [5, 5.41) is 25.5. The first-order valence-electron chi connectivity index (χ1n) is 4.15. The highest BCUT2D eigenvalue weighted by Crippen LogP contribution is 2.06. The zero-order valence-corrected chi connectivity index (χ0v) is 7.69. The van der Waals surface area contributed by atoms with E-state index in [-0.39, 0.29) is 19.1 Å². The molecule has 0 spiro atoms. The molecule has 1 atom stereocenters. The van der Waals surface area contributed by atoms with Gasteiger partial charge < -0.3 is 0 Å². The lowest BCUT2D eigenvalue weighted by Gasteiger charge is -2.23. The number of hydrogen-bond donors (Lipinski definition) is 0. The van der Waals surface area contributed by atoms with Crippen molar-refractivity contribution in [1.82, 2.24) is 4.90 Å². The van der Waals surface area contributed by atoms with Crippen LogP contribution in [-0.2, 0) is 0 Å². The van der Waals surface area contributed by atoms with Gasteiger partial charge in [-0.05, 0) is 6.42 Å². The van der Waals surface area contributed by atoms with E-state index in [0.717, 1.165) is 6.42 Å². The van der Waals surface area contributed by atoms with E-state index in [1.807, 2.05) is 19.1 Å². The van der Waals surface area contributed by atoms with Gasteiger partial charge in [-0.15, -0.1) is 0 Å². The van der Waals surface area contributed by atoms with Crippen molar-refractivity contribution in [2.45, 2.75) is 25.8 Å². The first-order valence-corrected chi connectivity index (χ1v) is 4.15. The number of nitriles is 3. The maximum Gasteiger partial charge on any atom is 0.0876 e. The minimum Gasteiger partial charge on any atom is -0.273 e. The predicted octanol–water partition coefficient (Wildman–Crippen LogP) is 1.03. The Morgan fingerprint density at radius 2 is 1.62 bits per heavy atom. The maximum atomic E-state index is 8.51. The number of rotatable bonds is 5. The summed E-state index contributed by atoms with van der Waals surface area (Å²) < 4.78 is 0. The normalized spacial score (nSPS) is 11.3. The summed E-state index contributed by atoms with van der Waals surface area (Å²) >= 11 is 0. The van der Waals surface area contributed by atoms with Crippen molar-refractivity contribution in [3.63, 3.8) is 0 Å². The van der Waals surface area contributed by atoms with Crippen LogP contribution in [0.3, 0.4) is 0 Å². The highest BCUT2D eigenvalue weighted by molar-refractivity contribution is 4.90. The van der Waals surface area contributed by atoms with E-state index >= 15 is 0 Å². The molecule has 0 fully saturated rings. The van der Waals surface area contributed by atoms with Gasteiger partial charge in [0.15, 0.2) is 0 Å². The van der Waals surface area contributed by atoms with Gasteiger partial charge in [-0.25, -0.2) is 0 Å². The molecule has 0 saturated heterocycles. The van der Waals surface area contributed by atoms with Gasteiger partial charge in [-0.1, -0.05) is 6.92 Å². The molecule has 0 aliphatic rings. The molecule has 13 heavy (non-hydrogen) atoms. The molecule has 0 radical (unpaired) electrons. The van der Waals surface area contributed by atoms with E-state index < -0.39 is 0 Å². The smallest absolute Gasteiger partial charge is 0.0876 e. The van der Waals surface area contributed by atoms with Crippen LogP contribution in [0.5, 0.6) is 0 Å². The number of nitrogens with zero attached hydrogens (tertiary/aromatic N) is 4. The van der Waals surface area contributed by atoms with Crippen molar-refractivity contribution >= 4 is 0 Å². The fourth-order valence-corrected chi connectivity index (χ4v) is 1.13. The second-order valence-electron chi connectivity index (χ2n) is 2.65. The Labute approximate surface area is 78.6 Å². The summed E-state index contributed by atoms with van der Waals surface area (Å²) in [5.74, 6) is 0. The molecular weight excluding hydrogens is 164 g/mol. The highest BCUT2D eigenvalue weighted by Gasteiger charge is 2.15. The van der Waals surface area contributed by atoms with Gasteiger partial charge in [-0.2, -0.15) is 15.8 Å². The molecule has 0 heterocycles. The molecule has 0 aromatic heterocycles. The van der Waals surface area contributed by atoms with Crippen molar-refractivity contribution in [2.75, 3.05) is 13.1 Å². The Bertz CT molecular complexity index is 236. The Morgan fingerprint density at radius 1 is 1.08 bits per heavy atom. The second-order valence-corrected chi connectivity index (χ2v) is 2.65. The number of hydrogen-bond acceptors (Lipinski definition) is 4. The summed E-state index contributed by atoms with van der Waals surface area (Å²) in [5.41, 5.74) is 0. The van der Waals surface area contributed by atoms with Crippen molar-refractivity contribution in [3.05, 3.63) is 0 Å². The van der Waals surface area contributed by atoms with Gasteiger partial charge in [-0.3, -0.25) is 4.90 Å². The van der Waals surface area contributed by atoms with Gasteiger partial charge >= 0.3 is 0 Å². The molecule has 0 aromatic carbocycles. The summed E-state index contributed by atoms with van der Waals surface area (Å²) in [4.78, 5) is 1.73. The third-order valence-electron chi connectivity index (χ3n) is 1.86. The monoisotopic (exact) mass is 176 g/mol. The van der Waals surface area contributed by atoms with Crippen molar-refractivity contribution in [1.29, 1.82) is 15.8 Å². The Morgan fingerprint density at radius 3 is 1.92 bits per heavy atom. The van der Waals surface area contributed by atoms with Crippen LogP contribution in [0.2, 0.25) is 0 Å². The molecule has 0 saturated carbocycles. The van der Waals surface area contributed by atoms with Gasteiger partial charge in [0.2, 0.25) is 0 Å². The average Bonchev–Trinajstić information content (AvgIpc) is 2.14. The quantitative estimate of drug-likeness (QED) is 0.586. The molecule has 4 heteroatoms. The summed E-state index contributed by atoms with van der Waals surface area (Å²) in [7, 11) is 0. The van der Waals surface area contributed by atoms with Crippen LogP contribution in [-0.4, -0.2) is 24.0 Å². The topological polar surface area (TPSA) is 74.6 Å². The highest BCUT2D eigenvalue weighted by atomic mass is 15.1. The van der Waals surface area contributed by atoms with Crippen molar-refractivity contribution < 1.29 is 0 Å². The molecule has 0 aliphatic carbocycles. The van der Waals surface area contributed by atoms with Crippen LogP contribution in [0, 0.1) is 34.0 Å². The molecule has 68 valence electrons. The molecule has 0 aromatic rings. The fraction of sp³-hybridized carbons (Fsp3) is 0.667. The van der Waals surface area contributed by atoms with Crippen LogP contribution < -0.4 is 0 Å². The molecule has 0 N–H and O–H groups in total. The summed E-state index contributed by atoms with van der Waals surface area (Å²) in [6, 6.07) is 6.07. The minimum absolute atomic E-state index is 0.0318. The van der Waals surface area contributed by atoms with Crippen LogP contribution in [0.1, 0.15) is 19.8 Å². The molecule has 0 amide bonds. The third kappa shape index (κ3) is 4.11. The SMILES string of the molecule is CCC(CC#N)N(CC#N)CC#N. The predicted molar refractivity (Wildman–Crippen MR) is 47.1 cm³/mol. The first-order chi connectivity index (χ1) is 6.29. The summed E-state index contributed by atoms with van der Waals surface area (Å²) in [6.45, 7) is 2.38.